The molecule has 3 rings (SSSR count). The summed E-state index contributed by atoms with van der Waals surface area (Å²) in [6, 6.07) is 8.02. The first-order valence-corrected chi connectivity index (χ1v) is 8.84. The lowest BCUT2D eigenvalue weighted by Crippen LogP contribution is -2.52. The van der Waals surface area contributed by atoms with Crippen molar-refractivity contribution >= 4 is 16.9 Å². The lowest BCUT2D eigenvalue weighted by molar-refractivity contribution is -0.127. The van der Waals surface area contributed by atoms with E-state index in [4.69, 9.17) is 4.98 Å². The summed E-state index contributed by atoms with van der Waals surface area (Å²) in [4.78, 5) is 23.0. The average molecular weight is 328 g/mol. The molecule has 1 aliphatic heterocycles. The first kappa shape index (κ1) is 17.0. The highest BCUT2D eigenvalue weighted by atomic mass is 16.2. The third-order valence-corrected chi connectivity index (χ3v) is 4.67. The van der Waals surface area contributed by atoms with E-state index in [1.54, 1.807) is 0 Å². The highest BCUT2D eigenvalue weighted by Gasteiger charge is 2.30. The Morgan fingerprint density at radius 1 is 1.38 bits per heavy atom. The number of amides is 1. The van der Waals surface area contributed by atoms with E-state index in [0.717, 1.165) is 42.8 Å². The molecule has 1 aromatic heterocycles. The molecule has 1 saturated heterocycles. The van der Waals surface area contributed by atoms with Crippen molar-refractivity contribution in [2.24, 2.45) is 0 Å². The van der Waals surface area contributed by atoms with E-state index in [1.807, 2.05) is 45.9 Å². The van der Waals surface area contributed by atoms with Gasteiger partial charge in [0.2, 0.25) is 5.91 Å². The number of aromatic amines is 1. The third kappa shape index (κ3) is 3.78. The molecule has 5 heteroatoms. The zero-order valence-electron chi connectivity index (χ0n) is 15.1. The molecule has 1 aromatic carbocycles. The SMILES string of the molecule is CC(C(=O)NC(C)(C)C)N1CCCC(c2nc3ccccc3[nH]2)C1. The summed E-state index contributed by atoms with van der Waals surface area (Å²) in [7, 11) is 0. The summed E-state index contributed by atoms with van der Waals surface area (Å²) in [5.74, 6) is 1.51. The normalized spacial score (nSPS) is 20.9. The van der Waals surface area contributed by atoms with Crippen LogP contribution >= 0.6 is 0 Å². The van der Waals surface area contributed by atoms with E-state index < -0.39 is 0 Å². The van der Waals surface area contributed by atoms with Gasteiger partial charge < -0.3 is 10.3 Å². The van der Waals surface area contributed by atoms with Crippen LogP contribution in [0.15, 0.2) is 24.3 Å². The van der Waals surface area contributed by atoms with Crippen LogP contribution in [0.5, 0.6) is 0 Å². The Labute approximate surface area is 143 Å². The Bertz CT molecular complexity index is 682. The number of piperidine rings is 1. The van der Waals surface area contributed by atoms with Gasteiger partial charge in [-0.1, -0.05) is 12.1 Å². The number of hydrogen-bond donors (Lipinski definition) is 2. The fourth-order valence-corrected chi connectivity index (χ4v) is 3.39. The highest BCUT2D eigenvalue weighted by Crippen LogP contribution is 2.27. The Morgan fingerprint density at radius 3 is 2.83 bits per heavy atom. The maximum atomic E-state index is 12.5. The third-order valence-electron chi connectivity index (χ3n) is 4.67. The summed E-state index contributed by atoms with van der Waals surface area (Å²) >= 11 is 0. The summed E-state index contributed by atoms with van der Waals surface area (Å²) in [5.41, 5.74) is 1.91. The van der Waals surface area contributed by atoms with Crippen molar-refractivity contribution in [3.05, 3.63) is 30.1 Å². The van der Waals surface area contributed by atoms with Gasteiger partial charge in [-0.3, -0.25) is 9.69 Å². The highest BCUT2D eigenvalue weighted by molar-refractivity contribution is 5.82. The number of benzene rings is 1. The molecule has 0 aliphatic carbocycles. The molecule has 0 bridgehead atoms. The fourth-order valence-electron chi connectivity index (χ4n) is 3.39. The number of H-pyrrole nitrogens is 1. The zero-order valence-corrected chi connectivity index (χ0v) is 15.1. The van der Waals surface area contributed by atoms with Crippen molar-refractivity contribution in [2.45, 2.75) is 58.0 Å². The Morgan fingerprint density at radius 2 is 2.12 bits per heavy atom. The van der Waals surface area contributed by atoms with Crippen LogP contribution < -0.4 is 5.32 Å². The Hall–Kier alpha value is -1.88. The van der Waals surface area contributed by atoms with Crippen LogP contribution in [0.3, 0.4) is 0 Å². The van der Waals surface area contributed by atoms with Crippen molar-refractivity contribution < 1.29 is 4.79 Å². The van der Waals surface area contributed by atoms with Crippen molar-refractivity contribution in [1.82, 2.24) is 20.2 Å². The van der Waals surface area contributed by atoms with Crippen LogP contribution in [0.25, 0.3) is 11.0 Å². The molecule has 2 aromatic rings. The molecular weight excluding hydrogens is 300 g/mol. The van der Waals surface area contributed by atoms with Crippen LogP contribution in [0.2, 0.25) is 0 Å². The first-order valence-electron chi connectivity index (χ1n) is 8.84. The summed E-state index contributed by atoms with van der Waals surface area (Å²) in [5, 5.41) is 3.09. The van der Waals surface area contributed by atoms with Crippen molar-refractivity contribution in [1.29, 1.82) is 0 Å². The lowest BCUT2D eigenvalue weighted by atomic mass is 9.96. The molecule has 2 atom stereocenters. The second-order valence-corrected chi connectivity index (χ2v) is 7.89. The van der Waals surface area contributed by atoms with E-state index >= 15 is 0 Å². The fraction of sp³-hybridized carbons (Fsp3) is 0.579. The van der Waals surface area contributed by atoms with E-state index in [1.165, 1.54) is 0 Å². The van der Waals surface area contributed by atoms with Gasteiger partial charge in [0.15, 0.2) is 0 Å². The van der Waals surface area contributed by atoms with Gasteiger partial charge in [-0.05, 0) is 59.2 Å². The number of para-hydroxylation sites is 2. The van der Waals surface area contributed by atoms with Crippen LogP contribution in [-0.4, -0.2) is 45.4 Å². The van der Waals surface area contributed by atoms with E-state index in [-0.39, 0.29) is 17.5 Å². The topological polar surface area (TPSA) is 61.0 Å². The molecule has 2 unspecified atom stereocenters. The summed E-state index contributed by atoms with van der Waals surface area (Å²) < 4.78 is 0. The van der Waals surface area contributed by atoms with E-state index in [0.29, 0.717) is 5.92 Å². The molecule has 0 saturated carbocycles. The van der Waals surface area contributed by atoms with Crippen LogP contribution in [0, 0.1) is 0 Å². The predicted octanol–water partition coefficient (Wildman–Crippen LogP) is 3.05. The standard InChI is InChI=1S/C19H28N4O/c1-13(18(24)22-19(2,3)4)23-11-7-8-14(12-23)17-20-15-9-5-6-10-16(15)21-17/h5-6,9-10,13-14H,7-8,11-12H2,1-4H3,(H,20,21)(H,22,24). The number of hydrogen-bond acceptors (Lipinski definition) is 3. The lowest BCUT2D eigenvalue weighted by Gasteiger charge is -2.36. The van der Waals surface area contributed by atoms with Gasteiger partial charge in [-0.25, -0.2) is 4.98 Å². The number of carbonyl (C=O) groups is 1. The smallest absolute Gasteiger partial charge is 0.237 e. The van der Waals surface area contributed by atoms with Gasteiger partial charge in [0.25, 0.3) is 0 Å². The van der Waals surface area contributed by atoms with Gasteiger partial charge in [0.05, 0.1) is 17.1 Å². The molecule has 5 nitrogen and oxygen atoms in total. The molecule has 1 amide bonds. The molecular formula is C19H28N4O. The van der Waals surface area contributed by atoms with Crippen molar-refractivity contribution in [3.8, 4) is 0 Å². The van der Waals surface area contributed by atoms with Crippen molar-refractivity contribution in [3.63, 3.8) is 0 Å². The molecule has 24 heavy (non-hydrogen) atoms. The maximum Gasteiger partial charge on any atom is 0.237 e. The van der Waals surface area contributed by atoms with Crippen LogP contribution in [0.1, 0.15) is 52.3 Å². The Kier molecular flexibility index (Phi) is 4.63. The van der Waals surface area contributed by atoms with Crippen LogP contribution in [0.4, 0.5) is 0 Å². The predicted molar refractivity (Wildman–Crippen MR) is 97.0 cm³/mol. The van der Waals surface area contributed by atoms with E-state index in [9.17, 15) is 4.79 Å². The van der Waals surface area contributed by atoms with Crippen LogP contribution in [-0.2, 0) is 4.79 Å². The number of imidazole rings is 1. The number of nitrogens with zero attached hydrogens (tertiary/aromatic N) is 2. The number of rotatable bonds is 3. The van der Waals surface area contributed by atoms with Gasteiger partial charge in [0.1, 0.15) is 5.82 Å². The molecule has 2 heterocycles. The maximum absolute atomic E-state index is 12.5. The molecule has 1 aliphatic rings. The Balaban J connectivity index is 1.70. The monoisotopic (exact) mass is 328 g/mol. The largest absolute Gasteiger partial charge is 0.350 e. The summed E-state index contributed by atoms with van der Waals surface area (Å²) in [6.07, 6.45) is 2.21. The number of nitrogens with one attached hydrogen (secondary N) is 2. The number of carbonyl (C=O) groups excluding carboxylic acids is 1. The minimum Gasteiger partial charge on any atom is -0.350 e. The molecule has 130 valence electrons. The first-order chi connectivity index (χ1) is 11.3. The number of aromatic nitrogens is 2. The second-order valence-electron chi connectivity index (χ2n) is 7.89. The minimum atomic E-state index is -0.195. The van der Waals surface area contributed by atoms with Gasteiger partial charge >= 0.3 is 0 Å². The quantitative estimate of drug-likeness (QED) is 0.910. The molecule has 2 N–H and O–H groups in total. The zero-order chi connectivity index (χ0) is 17.3. The number of likely N-dealkylation sites (tertiary alicyclic amines) is 1. The molecule has 0 spiro atoms. The number of fused-ring (bicyclic) bond motifs is 1. The average Bonchev–Trinajstić information content (AvgIpc) is 2.96. The van der Waals surface area contributed by atoms with E-state index in [2.05, 4.69) is 21.3 Å². The van der Waals surface area contributed by atoms with Gasteiger partial charge in [-0.15, -0.1) is 0 Å². The molecule has 0 radical (unpaired) electrons. The van der Waals surface area contributed by atoms with Gasteiger partial charge in [0, 0.05) is 18.0 Å². The molecule has 1 fully saturated rings. The van der Waals surface area contributed by atoms with Crippen molar-refractivity contribution in [2.75, 3.05) is 13.1 Å². The summed E-state index contributed by atoms with van der Waals surface area (Å²) in [6.45, 7) is 9.90. The van der Waals surface area contributed by atoms with Gasteiger partial charge in [-0.2, -0.15) is 0 Å². The minimum absolute atomic E-state index is 0.104. The second kappa shape index (κ2) is 6.55.